The second-order valence-corrected chi connectivity index (χ2v) is 6.75. The molecule has 0 bridgehead atoms. The Morgan fingerprint density at radius 2 is 2.20 bits per heavy atom. The summed E-state index contributed by atoms with van der Waals surface area (Å²) in [5, 5.41) is 8.85. The smallest absolute Gasteiger partial charge is 0.450 e. The number of hydrogen-bond acceptors (Lipinski definition) is 6. The Bertz CT molecular complexity index is 386. The van der Waals surface area contributed by atoms with Crippen molar-refractivity contribution in [3.63, 3.8) is 0 Å². The third-order valence-corrected chi connectivity index (χ3v) is 5.81. The molecule has 1 spiro atoms. The predicted molar refractivity (Wildman–Crippen MR) is 78.0 cm³/mol. The number of carbonyl (C=O) groups excluding carboxylic acids is 1. The molecule has 2 aliphatic heterocycles. The monoisotopic (exact) mass is 321 g/mol. The fourth-order valence-corrected chi connectivity index (χ4v) is 4.20. The summed E-state index contributed by atoms with van der Waals surface area (Å²) in [6.45, 7) is 2.95. The van der Waals surface area contributed by atoms with Crippen LogP contribution < -0.4 is 0 Å². The molecule has 2 saturated heterocycles. The molecule has 2 atom stereocenters. The van der Waals surface area contributed by atoms with Crippen LogP contribution in [0.3, 0.4) is 0 Å². The zero-order valence-electron chi connectivity index (χ0n) is 11.3. The molecule has 1 N–H and O–H groups in total. The van der Waals surface area contributed by atoms with Gasteiger partial charge in [-0.3, -0.25) is 9.69 Å². The molecule has 2 rings (SSSR count). The van der Waals surface area contributed by atoms with Crippen LogP contribution in [0, 0.1) is 5.92 Å². The van der Waals surface area contributed by atoms with Crippen molar-refractivity contribution in [1.82, 2.24) is 4.90 Å². The predicted octanol–water partition coefficient (Wildman–Crippen LogP) is 1.66. The quantitative estimate of drug-likeness (QED) is 0.608. The number of thiol groups is 1. The van der Waals surface area contributed by atoms with E-state index in [0.29, 0.717) is 37.6 Å². The number of carboxylic acid groups (broad SMARTS) is 1. The van der Waals surface area contributed by atoms with Gasteiger partial charge in [0.25, 0.3) is 0 Å². The van der Waals surface area contributed by atoms with E-state index in [-0.39, 0.29) is 11.8 Å². The van der Waals surface area contributed by atoms with Crippen LogP contribution in [0.2, 0.25) is 0 Å². The first kappa shape index (κ1) is 15.8. The molecular weight excluding hydrogens is 302 g/mol. The Morgan fingerprint density at radius 1 is 1.55 bits per heavy atom. The Kier molecular flexibility index (Phi) is 5.09. The van der Waals surface area contributed by atoms with E-state index in [0.717, 1.165) is 0 Å². The average Bonchev–Trinajstić information content (AvgIpc) is 2.75. The van der Waals surface area contributed by atoms with Gasteiger partial charge < -0.3 is 14.6 Å². The van der Waals surface area contributed by atoms with Crippen molar-refractivity contribution in [1.29, 1.82) is 0 Å². The lowest BCUT2D eigenvalue weighted by Crippen LogP contribution is -2.55. The van der Waals surface area contributed by atoms with Crippen LogP contribution in [-0.4, -0.2) is 57.9 Å². The number of rotatable bonds is 3. The largest absolute Gasteiger partial charge is 0.507 e. The van der Waals surface area contributed by atoms with Crippen LogP contribution in [-0.2, 0) is 14.3 Å². The molecule has 0 unspecified atom stereocenters. The van der Waals surface area contributed by atoms with E-state index in [1.54, 1.807) is 23.6 Å². The van der Waals surface area contributed by atoms with E-state index in [9.17, 15) is 9.59 Å². The minimum Gasteiger partial charge on any atom is -0.450 e. The first-order valence-electron chi connectivity index (χ1n) is 6.55. The van der Waals surface area contributed by atoms with Crippen molar-refractivity contribution in [2.75, 3.05) is 24.7 Å². The number of ether oxygens (including phenoxy) is 2. The summed E-state index contributed by atoms with van der Waals surface area (Å²) in [7, 11) is 0. The topological polar surface area (TPSA) is 76.1 Å². The van der Waals surface area contributed by atoms with Gasteiger partial charge >= 0.3 is 6.16 Å². The summed E-state index contributed by atoms with van der Waals surface area (Å²) in [4.78, 5) is 24.6. The van der Waals surface area contributed by atoms with Crippen LogP contribution >= 0.6 is 24.4 Å². The van der Waals surface area contributed by atoms with Gasteiger partial charge in [0.2, 0.25) is 5.91 Å². The highest BCUT2D eigenvalue weighted by molar-refractivity contribution is 8.00. The van der Waals surface area contributed by atoms with Crippen molar-refractivity contribution >= 4 is 36.5 Å². The van der Waals surface area contributed by atoms with Crippen molar-refractivity contribution in [3.8, 4) is 0 Å². The van der Waals surface area contributed by atoms with Gasteiger partial charge in [0.15, 0.2) is 6.23 Å². The van der Waals surface area contributed by atoms with Crippen LogP contribution in [0.15, 0.2) is 0 Å². The Hall–Kier alpha value is -0.600. The second kappa shape index (κ2) is 6.44. The van der Waals surface area contributed by atoms with Crippen LogP contribution in [0.4, 0.5) is 4.79 Å². The van der Waals surface area contributed by atoms with Crippen LogP contribution in [0.5, 0.6) is 0 Å². The zero-order chi connectivity index (χ0) is 14.8. The average molecular weight is 321 g/mol. The van der Waals surface area contributed by atoms with Crippen molar-refractivity contribution < 1.29 is 24.2 Å². The fourth-order valence-electron chi connectivity index (χ4n) is 2.57. The molecule has 1 amide bonds. The van der Waals surface area contributed by atoms with Gasteiger partial charge in [0.05, 0.1) is 10.6 Å². The molecule has 0 radical (unpaired) electrons. The van der Waals surface area contributed by atoms with Gasteiger partial charge in [0, 0.05) is 37.7 Å². The molecular formula is C12H19NO5S2. The molecule has 8 heteroatoms. The van der Waals surface area contributed by atoms with E-state index in [4.69, 9.17) is 14.6 Å². The van der Waals surface area contributed by atoms with Gasteiger partial charge in [-0.2, -0.15) is 12.6 Å². The molecule has 6 nitrogen and oxygen atoms in total. The zero-order valence-corrected chi connectivity index (χ0v) is 13.0. The van der Waals surface area contributed by atoms with E-state index >= 15 is 0 Å². The Labute approximate surface area is 127 Å². The van der Waals surface area contributed by atoms with Crippen LogP contribution in [0.25, 0.3) is 0 Å². The molecule has 20 heavy (non-hydrogen) atoms. The van der Waals surface area contributed by atoms with Gasteiger partial charge in [-0.15, -0.1) is 11.8 Å². The lowest BCUT2D eigenvalue weighted by molar-refractivity contribution is -0.152. The van der Waals surface area contributed by atoms with E-state index < -0.39 is 17.3 Å². The lowest BCUT2D eigenvalue weighted by atomic mass is 10.0. The van der Waals surface area contributed by atoms with E-state index in [1.165, 1.54) is 0 Å². The molecule has 0 aromatic rings. The molecule has 0 saturated carbocycles. The van der Waals surface area contributed by atoms with Crippen molar-refractivity contribution in [2.24, 2.45) is 5.92 Å². The fraction of sp³-hybridized carbons (Fsp3) is 0.833. The van der Waals surface area contributed by atoms with Gasteiger partial charge in [-0.1, -0.05) is 6.92 Å². The van der Waals surface area contributed by atoms with E-state index in [1.807, 2.05) is 0 Å². The maximum absolute atomic E-state index is 12.6. The van der Waals surface area contributed by atoms with Crippen molar-refractivity contribution in [3.05, 3.63) is 0 Å². The summed E-state index contributed by atoms with van der Waals surface area (Å²) < 4.78 is 10.3. The maximum atomic E-state index is 12.6. The minimum atomic E-state index is -1.35. The number of carbonyl (C=O) groups is 2. The van der Waals surface area contributed by atoms with Crippen LogP contribution in [0.1, 0.15) is 19.8 Å². The number of amides is 1. The summed E-state index contributed by atoms with van der Waals surface area (Å²) >= 11 is 5.76. The van der Waals surface area contributed by atoms with Gasteiger partial charge in [-0.25, -0.2) is 4.79 Å². The van der Waals surface area contributed by atoms with Crippen molar-refractivity contribution in [2.45, 2.75) is 30.9 Å². The lowest BCUT2D eigenvalue weighted by Gasteiger charge is -2.42. The highest BCUT2D eigenvalue weighted by Gasteiger charge is 2.52. The minimum absolute atomic E-state index is 0.0989. The molecule has 2 heterocycles. The summed E-state index contributed by atoms with van der Waals surface area (Å²) in [5.41, 5.74) is 0. The SMILES string of the molecule is C[C@H](CS)C(=O)N1[C@H](OC(=O)O)CSC12CCOCC2. The number of nitrogens with zero attached hydrogens (tertiary/aromatic N) is 1. The summed E-state index contributed by atoms with van der Waals surface area (Å²) in [6.07, 6.45) is -0.675. The number of thioether (sulfide) groups is 1. The van der Waals surface area contributed by atoms with Gasteiger partial charge in [0.1, 0.15) is 0 Å². The van der Waals surface area contributed by atoms with Gasteiger partial charge in [-0.05, 0) is 0 Å². The molecule has 0 aromatic carbocycles. The normalized spacial score (nSPS) is 26.5. The Morgan fingerprint density at radius 3 is 2.75 bits per heavy atom. The second-order valence-electron chi connectivity index (χ2n) is 5.00. The Balaban J connectivity index is 2.23. The molecule has 2 aliphatic rings. The number of hydrogen-bond donors (Lipinski definition) is 2. The first-order chi connectivity index (χ1) is 9.50. The standard InChI is InChI=1S/C12H19NO5S2/c1-8(6-19)10(14)13-9(18-11(15)16)7-20-12(13)2-4-17-5-3-12/h8-9,19H,2-7H2,1H3,(H,15,16)/t8-,9-/m1/s1. The third-order valence-electron chi connectivity index (χ3n) is 3.67. The highest BCUT2D eigenvalue weighted by atomic mass is 32.2. The summed E-state index contributed by atoms with van der Waals surface area (Å²) in [6, 6.07) is 0. The molecule has 0 aliphatic carbocycles. The first-order valence-corrected chi connectivity index (χ1v) is 8.17. The highest BCUT2D eigenvalue weighted by Crippen LogP contribution is 2.47. The maximum Gasteiger partial charge on any atom is 0.507 e. The molecule has 2 fully saturated rings. The summed E-state index contributed by atoms with van der Waals surface area (Å²) in [5.74, 6) is 0.527. The molecule has 114 valence electrons. The third kappa shape index (κ3) is 3.01. The van der Waals surface area contributed by atoms with E-state index in [2.05, 4.69) is 12.6 Å². The molecule has 0 aromatic heterocycles.